The molecular formula is C43H47F2N11O7S. The van der Waals surface area contributed by atoms with E-state index in [1.165, 1.54) is 13.2 Å². The van der Waals surface area contributed by atoms with Crippen LogP contribution in [0.1, 0.15) is 54.9 Å². The van der Waals surface area contributed by atoms with Crippen LogP contribution in [0.3, 0.4) is 0 Å². The number of carbonyl (C=O) groups is 4. The van der Waals surface area contributed by atoms with E-state index in [4.69, 9.17) is 0 Å². The van der Waals surface area contributed by atoms with Crippen LogP contribution in [0.2, 0.25) is 0 Å². The third-order valence-corrected chi connectivity index (χ3v) is 13.6. The summed E-state index contributed by atoms with van der Waals surface area (Å²) >= 11 is 0. The summed E-state index contributed by atoms with van der Waals surface area (Å²) in [5, 5.41) is 17.2. The van der Waals surface area contributed by atoms with Crippen LogP contribution in [0.25, 0.3) is 22.2 Å². The van der Waals surface area contributed by atoms with E-state index >= 15 is 8.78 Å². The largest absolute Gasteiger partial charge is 0.389 e. The summed E-state index contributed by atoms with van der Waals surface area (Å²) in [5.74, 6) is -2.85. The number of H-pyrrole nitrogens is 1. The maximum Gasteiger partial charge on any atom is 0.301 e. The van der Waals surface area contributed by atoms with E-state index < -0.39 is 50.5 Å². The van der Waals surface area contributed by atoms with Gasteiger partial charge < -0.3 is 30.1 Å². The number of hydrogen-bond acceptors (Lipinski definition) is 13. The molecule has 0 aliphatic carbocycles. The number of piperidine rings is 2. The second-order valence-electron chi connectivity index (χ2n) is 16.2. The summed E-state index contributed by atoms with van der Waals surface area (Å²) in [6.45, 7) is 4.66. The van der Waals surface area contributed by atoms with E-state index in [0.717, 1.165) is 22.3 Å². The van der Waals surface area contributed by atoms with Gasteiger partial charge in [0.05, 0.1) is 35.2 Å². The molecule has 1 atom stereocenters. The fourth-order valence-corrected chi connectivity index (χ4v) is 8.98. The first-order chi connectivity index (χ1) is 30.6. The molecule has 336 valence electrons. The number of aliphatic hydroxyl groups is 1. The van der Waals surface area contributed by atoms with Gasteiger partial charge in [0.15, 0.2) is 5.82 Å². The van der Waals surface area contributed by atoms with Crippen molar-refractivity contribution in [2.45, 2.75) is 50.7 Å². The molecule has 0 saturated carbocycles. The van der Waals surface area contributed by atoms with Gasteiger partial charge in [-0.2, -0.15) is 12.7 Å². The van der Waals surface area contributed by atoms with Gasteiger partial charge in [0.2, 0.25) is 23.5 Å². The Kier molecular flexibility index (Phi) is 12.3. The van der Waals surface area contributed by atoms with Gasteiger partial charge in [-0.1, -0.05) is 6.92 Å². The molecule has 5 aromatic rings. The summed E-state index contributed by atoms with van der Waals surface area (Å²) in [6.07, 6.45) is 7.64. The zero-order valence-corrected chi connectivity index (χ0v) is 35.9. The summed E-state index contributed by atoms with van der Waals surface area (Å²) in [4.78, 5) is 72.9. The lowest BCUT2D eigenvalue weighted by Crippen LogP contribution is -2.52. The van der Waals surface area contributed by atoms with Crippen LogP contribution >= 0.6 is 0 Å². The molecule has 1 aromatic carbocycles. The second kappa shape index (κ2) is 17.9. The number of aromatic nitrogens is 4. The third kappa shape index (κ3) is 9.22. The van der Waals surface area contributed by atoms with E-state index in [1.54, 1.807) is 36.5 Å². The number of amides is 3. The van der Waals surface area contributed by atoms with Crippen LogP contribution < -0.4 is 25.2 Å². The van der Waals surface area contributed by atoms with Crippen LogP contribution in [0.5, 0.6) is 0 Å². The SMILES string of the molecule is CCN(C)S(=O)(=O)Nc1ccc(F)c(C(=O)c2c[nH]c3ncc(-c4ccc(N5CCN(C(=O)CC6(O)CCN(c7ccc(NC8CCC(=O)NC8=O)cn7)CC6)CC5)nc4)cc23)c1F. The zero-order chi connectivity index (χ0) is 45.3. The number of pyridine rings is 3. The van der Waals surface area contributed by atoms with Gasteiger partial charge in [-0.3, -0.25) is 29.2 Å². The fourth-order valence-electron chi connectivity index (χ4n) is 8.05. The van der Waals surface area contributed by atoms with Gasteiger partial charge in [0.25, 0.3) is 0 Å². The van der Waals surface area contributed by atoms with E-state index in [1.807, 2.05) is 24.3 Å². The first kappa shape index (κ1) is 44.0. The lowest BCUT2D eigenvalue weighted by molar-refractivity contribution is -0.138. The van der Waals surface area contributed by atoms with Crippen LogP contribution in [0, 0.1) is 11.6 Å². The molecule has 7 heterocycles. The third-order valence-electron chi connectivity index (χ3n) is 12.1. The number of halogens is 2. The van der Waals surface area contributed by atoms with E-state index in [2.05, 4.69) is 45.1 Å². The van der Waals surface area contributed by atoms with Gasteiger partial charge in [-0.05, 0) is 61.7 Å². The lowest BCUT2D eigenvalue weighted by Gasteiger charge is -2.40. The standard InChI is InChI=1S/C43H47F2N11O7S/c1-3-53(2)64(62,63)52-32-7-6-31(44)38(39(32)45)40(59)30-25-49-41-29(30)20-27(23-48-41)26-4-9-34(46-22-26)55-16-18-56(19-17-55)37(58)21-43(61)12-14-54(15-13-43)35-10-5-28(24-47-35)50-33-8-11-36(57)51-42(33)60/h4-7,9-10,20,22-25,33,50,52,61H,3,8,11-19,21H2,1-2H3,(H,48,49)(H,51,57,60). The Labute approximate surface area is 367 Å². The molecule has 4 aromatic heterocycles. The van der Waals surface area contributed by atoms with Gasteiger partial charge in [-0.25, -0.2) is 23.7 Å². The minimum absolute atomic E-state index is 0.0114. The Morgan fingerprint density at radius 2 is 1.61 bits per heavy atom. The summed E-state index contributed by atoms with van der Waals surface area (Å²) in [6, 6.07) is 10.2. The van der Waals surface area contributed by atoms with Crippen molar-refractivity contribution in [2.75, 3.05) is 72.7 Å². The van der Waals surface area contributed by atoms with Crippen molar-refractivity contribution in [1.29, 1.82) is 0 Å². The molecule has 18 nitrogen and oxygen atoms in total. The van der Waals surface area contributed by atoms with E-state index in [9.17, 15) is 32.7 Å². The Hall–Kier alpha value is -6.58. The molecule has 3 saturated heterocycles. The number of piperazine rings is 1. The Morgan fingerprint density at radius 1 is 0.922 bits per heavy atom. The molecule has 3 amide bonds. The molecule has 1 unspecified atom stereocenters. The van der Waals surface area contributed by atoms with E-state index in [0.29, 0.717) is 92.2 Å². The topological polar surface area (TPSA) is 226 Å². The number of anilines is 4. The molecule has 64 heavy (non-hydrogen) atoms. The molecule has 3 aliphatic rings. The normalized spacial score (nSPS) is 18.0. The first-order valence-electron chi connectivity index (χ1n) is 20.9. The van der Waals surface area contributed by atoms with Crippen molar-refractivity contribution in [3.8, 4) is 11.1 Å². The van der Waals surface area contributed by atoms with Crippen molar-refractivity contribution in [3.05, 3.63) is 90.0 Å². The van der Waals surface area contributed by atoms with Crippen molar-refractivity contribution >= 4 is 67.8 Å². The highest BCUT2D eigenvalue weighted by molar-refractivity contribution is 7.90. The lowest BCUT2D eigenvalue weighted by atomic mass is 9.87. The van der Waals surface area contributed by atoms with Gasteiger partial charge >= 0.3 is 10.2 Å². The van der Waals surface area contributed by atoms with Gasteiger partial charge in [-0.15, -0.1) is 0 Å². The summed E-state index contributed by atoms with van der Waals surface area (Å²) in [5.41, 5.74) is -0.502. The summed E-state index contributed by atoms with van der Waals surface area (Å²) < 4.78 is 58.7. The molecule has 5 N–H and O–H groups in total. The second-order valence-corrected chi connectivity index (χ2v) is 17.9. The maximum atomic E-state index is 15.6. The fraction of sp³-hybridized carbons (Fsp3) is 0.372. The highest BCUT2D eigenvalue weighted by Crippen LogP contribution is 2.32. The molecular weight excluding hydrogens is 853 g/mol. The smallest absolute Gasteiger partial charge is 0.301 e. The number of rotatable bonds is 13. The first-order valence-corrected chi connectivity index (χ1v) is 22.3. The van der Waals surface area contributed by atoms with Crippen LogP contribution in [0.15, 0.2) is 67.3 Å². The molecule has 3 aliphatic heterocycles. The number of benzene rings is 1. The number of ketones is 1. The predicted molar refractivity (Wildman–Crippen MR) is 234 cm³/mol. The number of nitrogens with zero attached hydrogens (tertiary/aromatic N) is 7. The van der Waals surface area contributed by atoms with Crippen molar-refractivity contribution in [2.24, 2.45) is 0 Å². The molecule has 0 bridgehead atoms. The monoisotopic (exact) mass is 899 g/mol. The van der Waals surface area contributed by atoms with Crippen LogP contribution in [-0.4, -0.2) is 131 Å². The average Bonchev–Trinajstić information content (AvgIpc) is 3.72. The minimum atomic E-state index is -4.16. The highest BCUT2D eigenvalue weighted by Gasteiger charge is 2.37. The maximum absolute atomic E-state index is 15.6. The highest BCUT2D eigenvalue weighted by atomic mass is 32.2. The number of fused-ring (bicyclic) bond motifs is 1. The van der Waals surface area contributed by atoms with Crippen LogP contribution in [-0.2, 0) is 24.6 Å². The Bertz CT molecular complexity index is 2700. The molecule has 0 radical (unpaired) electrons. The van der Waals surface area contributed by atoms with E-state index in [-0.39, 0.29) is 42.7 Å². The summed E-state index contributed by atoms with van der Waals surface area (Å²) in [7, 11) is -2.87. The van der Waals surface area contributed by atoms with Crippen molar-refractivity contribution in [3.63, 3.8) is 0 Å². The van der Waals surface area contributed by atoms with Crippen LogP contribution in [0.4, 0.5) is 31.8 Å². The number of hydrogen-bond donors (Lipinski definition) is 5. The number of carbonyl (C=O) groups excluding carboxylic acids is 4. The number of imide groups is 1. The number of nitrogens with one attached hydrogen (secondary N) is 4. The van der Waals surface area contributed by atoms with Gasteiger partial charge in [0.1, 0.15) is 29.1 Å². The zero-order valence-electron chi connectivity index (χ0n) is 35.1. The quantitative estimate of drug-likeness (QED) is 0.0845. The number of aromatic amines is 1. The molecule has 3 fully saturated rings. The van der Waals surface area contributed by atoms with Gasteiger partial charge in [0, 0.05) is 99.9 Å². The molecule has 21 heteroatoms. The predicted octanol–water partition coefficient (Wildman–Crippen LogP) is 3.42. The molecule has 8 rings (SSSR count). The molecule has 0 spiro atoms. The average molecular weight is 900 g/mol. The Morgan fingerprint density at radius 3 is 2.27 bits per heavy atom. The minimum Gasteiger partial charge on any atom is -0.389 e. The van der Waals surface area contributed by atoms with Crippen molar-refractivity contribution in [1.82, 2.24) is 34.5 Å². The Balaban J connectivity index is 0.846. The van der Waals surface area contributed by atoms with Crippen molar-refractivity contribution < 1.29 is 41.5 Å².